The zero-order valence-electron chi connectivity index (χ0n) is 11.2. The molecule has 0 bridgehead atoms. The van der Waals surface area contributed by atoms with E-state index in [1.54, 1.807) is 18.5 Å². The number of nitrogens with zero attached hydrogens (tertiary/aromatic N) is 1. The molecule has 1 aliphatic carbocycles. The lowest BCUT2D eigenvalue weighted by atomic mass is 9.79. The monoisotopic (exact) mass is 355 g/mol. The Hall–Kier alpha value is -1.01. The predicted octanol–water partition coefficient (Wildman–Crippen LogP) is 3.41. The number of halogens is 1. The topological polar surface area (TPSA) is 68.0 Å². The molecular weight excluding hydrogens is 338 g/mol. The Balaban J connectivity index is 2.23. The highest BCUT2D eigenvalue weighted by Crippen LogP contribution is 2.37. The van der Waals surface area contributed by atoms with Gasteiger partial charge in [-0.2, -0.15) is 0 Å². The molecule has 6 heteroatoms. The van der Waals surface area contributed by atoms with E-state index in [0.717, 1.165) is 43.0 Å². The van der Waals surface area contributed by atoms with Gasteiger partial charge in [-0.3, -0.25) is 9.78 Å². The van der Waals surface area contributed by atoms with Crippen molar-refractivity contribution >= 4 is 44.7 Å². The summed E-state index contributed by atoms with van der Waals surface area (Å²) in [5.74, 6) is -0.0983. The van der Waals surface area contributed by atoms with Crippen LogP contribution in [0.3, 0.4) is 0 Å². The highest BCUT2D eigenvalue weighted by atomic mass is 79.9. The first kappa shape index (κ1) is 15.4. The number of carbonyl (C=O) groups excluding carboxylic acids is 1. The average Bonchev–Trinajstić information content (AvgIpc) is 2.68. The summed E-state index contributed by atoms with van der Waals surface area (Å²) in [5.41, 5.74) is 5.90. The molecule has 1 heterocycles. The molecule has 0 aliphatic heterocycles. The molecular formula is C14H18BrN3OS. The molecule has 0 saturated heterocycles. The molecule has 0 atom stereocenters. The van der Waals surface area contributed by atoms with E-state index in [1.165, 1.54) is 0 Å². The maximum atomic E-state index is 12.7. The number of rotatable bonds is 3. The number of hydrogen-bond acceptors (Lipinski definition) is 3. The number of nitrogens with two attached hydrogens (primary N) is 1. The van der Waals surface area contributed by atoms with Crippen LogP contribution in [0.5, 0.6) is 0 Å². The number of thiocarbonyl (C=S) groups is 1. The van der Waals surface area contributed by atoms with Crippen LogP contribution in [0.2, 0.25) is 0 Å². The first-order chi connectivity index (χ1) is 9.56. The molecule has 4 nitrogen and oxygen atoms in total. The number of amides is 1. The normalized spacial score (nSPS) is 18.1. The van der Waals surface area contributed by atoms with Crippen LogP contribution >= 0.6 is 28.1 Å². The van der Waals surface area contributed by atoms with Crippen LogP contribution < -0.4 is 11.1 Å². The van der Waals surface area contributed by atoms with Gasteiger partial charge in [-0.15, -0.1) is 0 Å². The molecule has 0 radical (unpaired) electrons. The minimum Gasteiger partial charge on any atom is -0.392 e. The molecule has 1 saturated carbocycles. The van der Waals surface area contributed by atoms with Gasteiger partial charge >= 0.3 is 0 Å². The zero-order chi connectivity index (χ0) is 14.6. The summed E-state index contributed by atoms with van der Waals surface area (Å²) in [6, 6.07) is 1.76. The quantitative estimate of drug-likeness (QED) is 0.643. The van der Waals surface area contributed by atoms with Gasteiger partial charge in [-0.1, -0.05) is 37.9 Å². The van der Waals surface area contributed by atoms with Crippen LogP contribution in [0.25, 0.3) is 0 Å². The molecule has 3 N–H and O–H groups in total. The van der Waals surface area contributed by atoms with E-state index in [4.69, 9.17) is 18.0 Å². The third-order valence-corrected chi connectivity index (χ3v) is 4.91. The van der Waals surface area contributed by atoms with E-state index < -0.39 is 5.41 Å². The number of aromatic nitrogens is 1. The van der Waals surface area contributed by atoms with Crippen molar-refractivity contribution in [1.82, 2.24) is 4.98 Å². The summed E-state index contributed by atoms with van der Waals surface area (Å²) in [6.45, 7) is 0. The SMILES string of the molecule is NC(=S)C1(C(=O)Nc2ccncc2Br)CCCCCC1. The summed E-state index contributed by atoms with van der Waals surface area (Å²) in [4.78, 5) is 17.0. The Morgan fingerprint density at radius 3 is 2.55 bits per heavy atom. The minimum atomic E-state index is -0.714. The fraction of sp³-hybridized carbons (Fsp3) is 0.500. The van der Waals surface area contributed by atoms with Gasteiger partial charge in [0, 0.05) is 12.4 Å². The summed E-state index contributed by atoms with van der Waals surface area (Å²) >= 11 is 8.58. The van der Waals surface area contributed by atoms with Gasteiger partial charge < -0.3 is 11.1 Å². The van der Waals surface area contributed by atoms with Crippen molar-refractivity contribution in [2.75, 3.05) is 5.32 Å². The summed E-state index contributed by atoms with van der Waals surface area (Å²) in [5, 5.41) is 2.94. The third kappa shape index (κ3) is 3.17. The zero-order valence-corrected chi connectivity index (χ0v) is 13.6. The van der Waals surface area contributed by atoms with E-state index in [0.29, 0.717) is 10.7 Å². The predicted molar refractivity (Wildman–Crippen MR) is 87.5 cm³/mol. The second-order valence-electron chi connectivity index (χ2n) is 5.17. The first-order valence-electron chi connectivity index (χ1n) is 6.77. The Labute approximate surface area is 132 Å². The molecule has 1 aromatic rings. The lowest BCUT2D eigenvalue weighted by Gasteiger charge is -2.30. The van der Waals surface area contributed by atoms with E-state index in [9.17, 15) is 4.79 Å². The minimum absolute atomic E-state index is 0.0983. The number of carbonyl (C=O) groups is 1. The fourth-order valence-electron chi connectivity index (χ4n) is 2.64. The Morgan fingerprint density at radius 1 is 1.35 bits per heavy atom. The summed E-state index contributed by atoms with van der Waals surface area (Å²) < 4.78 is 0.750. The van der Waals surface area contributed by atoms with Crippen molar-refractivity contribution in [1.29, 1.82) is 0 Å². The molecule has 1 aliphatic rings. The molecule has 0 unspecified atom stereocenters. The van der Waals surface area contributed by atoms with Crippen LogP contribution in [-0.4, -0.2) is 15.9 Å². The Morgan fingerprint density at radius 2 is 2.00 bits per heavy atom. The van der Waals surface area contributed by atoms with Crippen molar-refractivity contribution in [3.8, 4) is 0 Å². The van der Waals surface area contributed by atoms with Crippen LogP contribution in [-0.2, 0) is 4.79 Å². The average molecular weight is 356 g/mol. The smallest absolute Gasteiger partial charge is 0.237 e. The number of nitrogens with one attached hydrogen (secondary N) is 1. The standard InChI is InChI=1S/C14H18BrN3OS/c15-10-9-17-8-5-11(10)18-13(19)14(12(16)20)6-3-1-2-4-7-14/h5,8-9H,1-4,6-7H2,(H2,16,20)(H,17,18,19). The van der Waals surface area contributed by atoms with Crippen LogP contribution in [0.1, 0.15) is 38.5 Å². The summed E-state index contributed by atoms with van der Waals surface area (Å²) in [6.07, 6.45) is 9.00. The van der Waals surface area contributed by atoms with Gasteiger partial charge in [-0.25, -0.2) is 0 Å². The number of anilines is 1. The van der Waals surface area contributed by atoms with Crippen molar-refractivity contribution in [2.45, 2.75) is 38.5 Å². The lowest BCUT2D eigenvalue weighted by Crippen LogP contribution is -2.45. The maximum Gasteiger partial charge on any atom is 0.237 e. The molecule has 2 rings (SSSR count). The van der Waals surface area contributed by atoms with Gasteiger partial charge in [0.25, 0.3) is 0 Å². The maximum absolute atomic E-state index is 12.7. The van der Waals surface area contributed by atoms with Gasteiger partial charge in [-0.05, 0) is 34.8 Å². The number of pyridine rings is 1. The van der Waals surface area contributed by atoms with Crippen molar-refractivity contribution in [3.63, 3.8) is 0 Å². The molecule has 20 heavy (non-hydrogen) atoms. The lowest BCUT2D eigenvalue weighted by molar-refractivity contribution is -0.122. The summed E-state index contributed by atoms with van der Waals surface area (Å²) in [7, 11) is 0. The van der Waals surface area contributed by atoms with Gasteiger partial charge in [0.1, 0.15) is 0 Å². The third-order valence-electron chi connectivity index (χ3n) is 3.88. The van der Waals surface area contributed by atoms with Gasteiger partial charge in [0.05, 0.1) is 20.6 Å². The van der Waals surface area contributed by atoms with E-state index in [2.05, 4.69) is 26.2 Å². The largest absolute Gasteiger partial charge is 0.392 e. The molecule has 1 amide bonds. The van der Waals surface area contributed by atoms with Crippen LogP contribution in [0, 0.1) is 5.41 Å². The van der Waals surface area contributed by atoms with Gasteiger partial charge in [0.2, 0.25) is 5.91 Å². The van der Waals surface area contributed by atoms with E-state index >= 15 is 0 Å². The van der Waals surface area contributed by atoms with E-state index in [-0.39, 0.29) is 5.91 Å². The fourth-order valence-corrected chi connectivity index (χ4v) is 3.28. The second-order valence-corrected chi connectivity index (χ2v) is 6.46. The molecule has 1 fully saturated rings. The molecule has 1 aromatic heterocycles. The van der Waals surface area contributed by atoms with E-state index in [1.807, 2.05) is 0 Å². The second kappa shape index (κ2) is 6.63. The van der Waals surface area contributed by atoms with Crippen molar-refractivity contribution in [2.24, 2.45) is 11.1 Å². The number of hydrogen-bond donors (Lipinski definition) is 2. The van der Waals surface area contributed by atoms with Gasteiger partial charge in [0.15, 0.2) is 0 Å². The van der Waals surface area contributed by atoms with Crippen molar-refractivity contribution in [3.05, 3.63) is 22.9 Å². The Kier molecular flexibility index (Phi) is 5.10. The molecule has 0 spiro atoms. The van der Waals surface area contributed by atoms with Crippen LogP contribution in [0.4, 0.5) is 5.69 Å². The van der Waals surface area contributed by atoms with Crippen molar-refractivity contribution < 1.29 is 4.79 Å². The Bertz CT molecular complexity index is 513. The highest BCUT2D eigenvalue weighted by Gasteiger charge is 2.41. The first-order valence-corrected chi connectivity index (χ1v) is 7.97. The molecule has 108 valence electrons. The van der Waals surface area contributed by atoms with Crippen LogP contribution in [0.15, 0.2) is 22.9 Å². The highest BCUT2D eigenvalue weighted by molar-refractivity contribution is 9.10. The molecule has 0 aromatic carbocycles.